The maximum absolute atomic E-state index is 12.5. The van der Waals surface area contributed by atoms with E-state index in [1.54, 1.807) is 0 Å². The van der Waals surface area contributed by atoms with Gasteiger partial charge in [-0.2, -0.15) is 0 Å². The van der Waals surface area contributed by atoms with Gasteiger partial charge in [-0.05, 0) is 39.2 Å². The van der Waals surface area contributed by atoms with Crippen LogP contribution in [0, 0.1) is 0 Å². The van der Waals surface area contributed by atoms with Crippen molar-refractivity contribution >= 4 is 5.91 Å². The van der Waals surface area contributed by atoms with Crippen molar-refractivity contribution in [3.63, 3.8) is 0 Å². The van der Waals surface area contributed by atoms with Crippen molar-refractivity contribution in [1.82, 2.24) is 9.80 Å². The van der Waals surface area contributed by atoms with Crippen molar-refractivity contribution in [3.05, 3.63) is 0 Å². The molecule has 3 heterocycles. The first kappa shape index (κ1) is 16.2. The highest BCUT2D eigenvalue weighted by molar-refractivity contribution is 5.76. The molecule has 0 saturated carbocycles. The zero-order chi connectivity index (χ0) is 15.4. The maximum atomic E-state index is 12.5. The number of hydrogen-bond donors (Lipinski definition) is 0. The van der Waals surface area contributed by atoms with E-state index in [-0.39, 0.29) is 12.0 Å². The third-order valence-electron chi connectivity index (χ3n) is 5.30. The van der Waals surface area contributed by atoms with Gasteiger partial charge in [0.25, 0.3) is 0 Å². The van der Waals surface area contributed by atoms with Gasteiger partial charge in [0.05, 0.1) is 25.7 Å². The Bertz CT molecular complexity index is 371. The molecule has 22 heavy (non-hydrogen) atoms. The lowest BCUT2D eigenvalue weighted by molar-refractivity contribution is -0.139. The minimum atomic E-state index is 0.250. The molecule has 0 aromatic heterocycles. The Morgan fingerprint density at radius 3 is 2.95 bits per heavy atom. The van der Waals surface area contributed by atoms with Gasteiger partial charge in [-0.1, -0.05) is 6.42 Å². The molecule has 3 fully saturated rings. The summed E-state index contributed by atoms with van der Waals surface area (Å²) in [7, 11) is 0. The quantitative estimate of drug-likeness (QED) is 0.724. The topological polar surface area (TPSA) is 42.0 Å². The molecule has 5 heteroatoms. The number of carbonyl (C=O) groups excluding carboxylic acids is 1. The Labute approximate surface area is 133 Å². The van der Waals surface area contributed by atoms with E-state index in [1.165, 1.54) is 25.8 Å². The Balaban J connectivity index is 1.39. The Hall–Kier alpha value is -0.650. The number of piperazine rings is 1. The van der Waals surface area contributed by atoms with Crippen LogP contribution in [-0.4, -0.2) is 73.3 Å². The van der Waals surface area contributed by atoms with E-state index in [1.807, 2.05) is 0 Å². The molecule has 126 valence electrons. The lowest BCUT2D eigenvalue weighted by Gasteiger charge is -2.47. The highest BCUT2D eigenvalue weighted by Gasteiger charge is 2.34. The minimum Gasteiger partial charge on any atom is -0.378 e. The van der Waals surface area contributed by atoms with Gasteiger partial charge in [-0.25, -0.2) is 0 Å². The summed E-state index contributed by atoms with van der Waals surface area (Å²) in [5.41, 5.74) is 0. The molecular weight excluding hydrogens is 280 g/mol. The van der Waals surface area contributed by atoms with Crippen LogP contribution in [0.2, 0.25) is 0 Å². The number of rotatable bonds is 5. The van der Waals surface area contributed by atoms with E-state index >= 15 is 0 Å². The molecule has 3 aliphatic rings. The highest BCUT2D eigenvalue weighted by Crippen LogP contribution is 2.24. The van der Waals surface area contributed by atoms with Gasteiger partial charge in [0, 0.05) is 31.8 Å². The van der Waals surface area contributed by atoms with Gasteiger partial charge < -0.3 is 14.4 Å². The summed E-state index contributed by atoms with van der Waals surface area (Å²) in [4.78, 5) is 17.1. The van der Waals surface area contributed by atoms with Crippen LogP contribution in [0.4, 0.5) is 0 Å². The SMILES string of the molecule is C[C@@H]1CN2CCCC[C@H]2CN1C(=O)CCOC[C@@H]1CCCO1. The van der Waals surface area contributed by atoms with E-state index in [2.05, 4.69) is 16.7 Å². The average molecular weight is 310 g/mol. The first-order chi connectivity index (χ1) is 10.7. The standard InChI is InChI=1S/C17H30N2O3/c1-14-11-18-8-3-2-5-15(18)12-19(14)17(20)7-10-21-13-16-6-4-9-22-16/h14-16H,2-13H2,1H3/t14-,15+,16+/m1/s1. The predicted octanol–water partition coefficient (Wildman–Crippen LogP) is 1.66. The van der Waals surface area contributed by atoms with E-state index in [4.69, 9.17) is 9.47 Å². The summed E-state index contributed by atoms with van der Waals surface area (Å²) in [6, 6.07) is 0.918. The fourth-order valence-electron chi connectivity index (χ4n) is 3.99. The molecule has 0 radical (unpaired) electrons. The summed E-state index contributed by atoms with van der Waals surface area (Å²) in [6.45, 7) is 7.35. The molecule has 5 nitrogen and oxygen atoms in total. The Morgan fingerprint density at radius 2 is 2.14 bits per heavy atom. The third-order valence-corrected chi connectivity index (χ3v) is 5.30. The number of piperidine rings is 1. The summed E-state index contributed by atoms with van der Waals surface area (Å²) >= 11 is 0. The first-order valence-electron chi connectivity index (χ1n) is 8.97. The van der Waals surface area contributed by atoms with Crippen LogP contribution in [0.1, 0.15) is 45.4 Å². The molecule has 3 aliphatic heterocycles. The van der Waals surface area contributed by atoms with Crippen LogP contribution >= 0.6 is 0 Å². The van der Waals surface area contributed by atoms with Crippen LogP contribution in [0.25, 0.3) is 0 Å². The van der Waals surface area contributed by atoms with Gasteiger partial charge in [0.1, 0.15) is 0 Å². The molecule has 3 saturated heterocycles. The number of nitrogens with zero attached hydrogens (tertiary/aromatic N) is 2. The first-order valence-corrected chi connectivity index (χ1v) is 8.97. The van der Waals surface area contributed by atoms with Crippen molar-refractivity contribution in [2.75, 3.05) is 39.5 Å². The van der Waals surface area contributed by atoms with Crippen LogP contribution in [0.5, 0.6) is 0 Å². The smallest absolute Gasteiger partial charge is 0.225 e. The molecule has 0 aliphatic carbocycles. The fraction of sp³-hybridized carbons (Fsp3) is 0.941. The number of amides is 1. The van der Waals surface area contributed by atoms with Gasteiger partial charge >= 0.3 is 0 Å². The molecule has 0 N–H and O–H groups in total. The summed E-state index contributed by atoms with van der Waals surface area (Å²) in [5.74, 6) is 0.255. The van der Waals surface area contributed by atoms with Crippen LogP contribution in [-0.2, 0) is 14.3 Å². The molecule has 3 rings (SSSR count). The summed E-state index contributed by atoms with van der Waals surface area (Å²) in [5, 5.41) is 0. The second-order valence-electron chi connectivity index (χ2n) is 7.00. The molecular formula is C17H30N2O3. The lowest BCUT2D eigenvalue weighted by atomic mass is 9.97. The summed E-state index contributed by atoms with van der Waals surface area (Å²) < 4.78 is 11.2. The van der Waals surface area contributed by atoms with Crippen LogP contribution in [0.3, 0.4) is 0 Å². The van der Waals surface area contributed by atoms with E-state index in [0.717, 1.165) is 32.5 Å². The minimum absolute atomic E-state index is 0.250. The highest BCUT2D eigenvalue weighted by atomic mass is 16.5. The number of fused-ring (bicyclic) bond motifs is 1. The molecule has 3 atom stereocenters. The fourth-order valence-corrected chi connectivity index (χ4v) is 3.99. The normalized spacial score (nSPS) is 33.0. The van der Waals surface area contributed by atoms with E-state index < -0.39 is 0 Å². The number of ether oxygens (including phenoxy) is 2. The van der Waals surface area contributed by atoms with E-state index in [0.29, 0.717) is 31.7 Å². The maximum Gasteiger partial charge on any atom is 0.225 e. The second kappa shape index (κ2) is 7.75. The Kier molecular flexibility index (Phi) is 5.71. The average Bonchev–Trinajstić information content (AvgIpc) is 3.04. The molecule has 0 spiro atoms. The summed E-state index contributed by atoms with van der Waals surface area (Å²) in [6.07, 6.45) is 6.84. The van der Waals surface area contributed by atoms with Gasteiger partial charge in [-0.15, -0.1) is 0 Å². The molecule has 0 unspecified atom stereocenters. The lowest BCUT2D eigenvalue weighted by Crippen LogP contribution is -2.60. The zero-order valence-electron chi connectivity index (χ0n) is 13.8. The van der Waals surface area contributed by atoms with E-state index in [9.17, 15) is 4.79 Å². The van der Waals surface area contributed by atoms with Crippen molar-refractivity contribution in [2.45, 2.75) is 63.6 Å². The largest absolute Gasteiger partial charge is 0.378 e. The number of hydrogen-bond acceptors (Lipinski definition) is 4. The van der Waals surface area contributed by atoms with Crippen LogP contribution < -0.4 is 0 Å². The van der Waals surface area contributed by atoms with Gasteiger partial charge in [0.2, 0.25) is 5.91 Å². The van der Waals surface area contributed by atoms with Gasteiger partial charge in [-0.3, -0.25) is 9.69 Å². The zero-order valence-corrected chi connectivity index (χ0v) is 13.8. The van der Waals surface area contributed by atoms with Crippen molar-refractivity contribution in [2.24, 2.45) is 0 Å². The molecule has 0 bridgehead atoms. The molecule has 0 aromatic rings. The third kappa shape index (κ3) is 4.00. The monoisotopic (exact) mass is 310 g/mol. The molecule has 0 aromatic carbocycles. The number of carbonyl (C=O) groups is 1. The van der Waals surface area contributed by atoms with Crippen LogP contribution in [0.15, 0.2) is 0 Å². The predicted molar refractivity (Wildman–Crippen MR) is 84.8 cm³/mol. The van der Waals surface area contributed by atoms with Crippen molar-refractivity contribution in [1.29, 1.82) is 0 Å². The van der Waals surface area contributed by atoms with Crippen molar-refractivity contribution in [3.8, 4) is 0 Å². The molecule has 1 amide bonds. The second-order valence-corrected chi connectivity index (χ2v) is 7.00. The van der Waals surface area contributed by atoms with Gasteiger partial charge in [0.15, 0.2) is 0 Å². The van der Waals surface area contributed by atoms with Crippen molar-refractivity contribution < 1.29 is 14.3 Å². The Morgan fingerprint density at radius 1 is 1.23 bits per heavy atom.